The van der Waals surface area contributed by atoms with Gasteiger partial charge in [0.15, 0.2) is 0 Å². The summed E-state index contributed by atoms with van der Waals surface area (Å²) in [5.74, 6) is 0.135. The molecule has 1 heterocycles. The van der Waals surface area contributed by atoms with Gasteiger partial charge in [-0.05, 0) is 47.7 Å². The van der Waals surface area contributed by atoms with Crippen molar-refractivity contribution in [3.63, 3.8) is 0 Å². The average Bonchev–Trinajstić information content (AvgIpc) is 2.69. The second-order valence-corrected chi connectivity index (χ2v) is 7.43. The number of nitrogens with one attached hydrogen (secondary N) is 2. The average molecular weight is 414 g/mol. The normalized spacial score (nSPS) is 11.6. The van der Waals surface area contributed by atoms with Crippen LogP contribution in [0.1, 0.15) is 49.8 Å². The first-order valence-electron chi connectivity index (χ1n) is 9.93. The van der Waals surface area contributed by atoms with Crippen LogP contribution in [0, 0.1) is 0 Å². The van der Waals surface area contributed by atoms with Crippen molar-refractivity contribution in [1.29, 1.82) is 0 Å². The number of hydrogen-bond acceptors (Lipinski definition) is 4. The van der Waals surface area contributed by atoms with Crippen LogP contribution >= 0.6 is 0 Å². The summed E-state index contributed by atoms with van der Waals surface area (Å²) >= 11 is 0. The maximum Gasteiger partial charge on any atom is 0.421 e. The quantitative estimate of drug-likeness (QED) is 0.435. The summed E-state index contributed by atoms with van der Waals surface area (Å²) < 4.78 is 40.4. The molecule has 0 aliphatic carbocycles. The predicted molar refractivity (Wildman–Crippen MR) is 115 cm³/mol. The highest BCUT2D eigenvalue weighted by Gasteiger charge is 2.35. The summed E-state index contributed by atoms with van der Waals surface area (Å²) in [7, 11) is 0. The molecule has 2 N–H and O–H groups in total. The van der Waals surface area contributed by atoms with Crippen LogP contribution in [0.2, 0.25) is 0 Å². The number of halogens is 3. The molecule has 0 saturated carbocycles. The van der Waals surface area contributed by atoms with E-state index in [0.29, 0.717) is 17.3 Å². The van der Waals surface area contributed by atoms with Crippen molar-refractivity contribution in [2.75, 3.05) is 10.6 Å². The van der Waals surface area contributed by atoms with E-state index in [2.05, 4.69) is 41.4 Å². The van der Waals surface area contributed by atoms with Crippen molar-refractivity contribution in [1.82, 2.24) is 9.97 Å². The maximum atomic E-state index is 13.5. The van der Waals surface area contributed by atoms with Crippen molar-refractivity contribution < 1.29 is 13.2 Å². The zero-order valence-corrected chi connectivity index (χ0v) is 17.2. The Labute approximate surface area is 174 Å². The van der Waals surface area contributed by atoms with E-state index in [1.54, 1.807) is 12.1 Å². The number of nitrogens with zero attached hydrogens (tertiary/aromatic N) is 2. The Morgan fingerprint density at radius 2 is 1.50 bits per heavy atom. The molecule has 0 aliphatic heterocycles. The molecular weight excluding hydrogens is 389 g/mol. The molecule has 0 fully saturated rings. The Balaban J connectivity index is 1.86. The third kappa shape index (κ3) is 5.49. The second kappa shape index (κ2) is 9.15. The molecular formula is C23H25F3N4. The van der Waals surface area contributed by atoms with Crippen molar-refractivity contribution in [3.8, 4) is 0 Å². The monoisotopic (exact) mass is 414 g/mol. The fourth-order valence-corrected chi connectivity index (χ4v) is 3.01. The molecule has 3 aromatic rings. The van der Waals surface area contributed by atoms with Gasteiger partial charge < -0.3 is 10.6 Å². The number of benzene rings is 2. The third-order valence-electron chi connectivity index (χ3n) is 4.68. The predicted octanol–water partition coefficient (Wildman–Crippen LogP) is 7.06. The highest BCUT2D eigenvalue weighted by molar-refractivity contribution is 5.63. The van der Waals surface area contributed by atoms with Gasteiger partial charge in [-0.3, -0.25) is 0 Å². The van der Waals surface area contributed by atoms with Gasteiger partial charge in [-0.25, -0.2) is 4.98 Å². The number of anilines is 4. The Morgan fingerprint density at radius 3 is 2.07 bits per heavy atom. The van der Waals surface area contributed by atoms with Crippen LogP contribution in [0.3, 0.4) is 0 Å². The zero-order valence-electron chi connectivity index (χ0n) is 17.2. The minimum Gasteiger partial charge on any atom is -0.340 e. The van der Waals surface area contributed by atoms with E-state index in [-0.39, 0.29) is 11.8 Å². The molecule has 1 aromatic heterocycles. The molecule has 0 aliphatic rings. The van der Waals surface area contributed by atoms with Crippen LogP contribution in [0.4, 0.5) is 36.3 Å². The lowest BCUT2D eigenvalue weighted by molar-refractivity contribution is -0.137. The molecule has 3 rings (SSSR count). The SMILES string of the molecule is CCCc1ccc(Nc2ncc(C(F)(F)F)c(Nc3ccc(C(C)C)cc3)n2)cc1. The topological polar surface area (TPSA) is 49.8 Å². The first kappa shape index (κ1) is 21.6. The Hall–Kier alpha value is -3.09. The van der Waals surface area contributed by atoms with Crippen molar-refractivity contribution in [2.45, 2.75) is 45.7 Å². The molecule has 2 aromatic carbocycles. The van der Waals surface area contributed by atoms with Gasteiger partial charge in [-0.1, -0.05) is 51.5 Å². The van der Waals surface area contributed by atoms with Crippen LogP contribution in [0.15, 0.2) is 54.7 Å². The molecule has 0 amide bonds. The highest BCUT2D eigenvalue weighted by atomic mass is 19.4. The minimum absolute atomic E-state index is 0.0903. The molecule has 0 unspecified atom stereocenters. The molecule has 0 spiro atoms. The Morgan fingerprint density at radius 1 is 0.900 bits per heavy atom. The van der Waals surface area contributed by atoms with Crippen molar-refractivity contribution in [3.05, 3.63) is 71.4 Å². The van der Waals surface area contributed by atoms with Gasteiger partial charge in [0.1, 0.15) is 11.4 Å². The van der Waals surface area contributed by atoms with E-state index in [9.17, 15) is 13.2 Å². The van der Waals surface area contributed by atoms with Gasteiger partial charge in [0.2, 0.25) is 5.95 Å². The summed E-state index contributed by atoms with van der Waals surface area (Å²) in [6.45, 7) is 6.22. The summed E-state index contributed by atoms with van der Waals surface area (Å²) in [6.07, 6.45) is -1.76. The lowest BCUT2D eigenvalue weighted by atomic mass is 10.0. The largest absolute Gasteiger partial charge is 0.421 e. The molecule has 30 heavy (non-hydrogen) atoms. The van der Waals surface area contributed by atoms with Gasteiger partial charge in [0.25, 0.3) is 0 Å². The molecule has 158 valence electrons. The van der Waals surface area contributed by atoms with Crippen LogP contribution in [-0.4, -0.2) is 9.97 Å². The molecule has 4 nitrogen and oxygen atoms in total. The van der Waals surface area contributed by atoms with Gasteiger partial charge >= 0.3 is 6.18 Å². The first-order valence-corrected chi connectivity index (χ1v) is 9.93. The van der Waals surface area contributed by atoms with Crippen LogP contribution in [-0.2, 0) is 12.6 Å². The number of hydrogen-bond donors (Lipinski definition) is 2. The van der Waals surface area contributed by atoms with E-state index < -0.39 is 11.7 Å². The maximum absolute atomic E-state index is 13.5. The molecule has 0 atom stereocenters. The number of rotatable bonds is 7. The van der Waals surface area contributed by atoms with Crippen LogP contribution in [0.5, 0.6) is 0 Å². The van der Waals surface area contributed by atoms with Gasteiger partial charge in [-0.15, -0.1) is 0 Å². The fourth-order valence-electron chi connectivity index (χ4n) is 3.01. The Bertz CT molecular complexity index is 965. The summed E-state index contributed by atoms with van der Waals surface area (Å²) in [5.41, 5.74) is 2.62. The van der Waals surface area contributed by atoms with E-state index in [0.717, 1.165) is 24.6 Å². The van der Waals surface area contributed by atoms with E-state index in [4.69, 9.17) is 0 Å². The number of alkyl halides is 3. The van der Waals surface area contributed by atoms with Gasteiger partial charge in [0.05, 0.1) is 0 Å². The Kier molecular flexibility index (Phi) is 6.59. The number of aromatic nitrogens is 2. The fraction of sp³-hybridized carbons (Fsp3) is 0.304. The summed E-state index contributed by atoms with van der Waals surface area (Å²) in [6, 6.07) is 15.0. The van der Waals surface area contributed by atoms with Crippen molar-refractivity contribution in [2.24, 2.45) is 0 Å². The van der Waals surface area contributed by atoms with Gasteiger partial charge in [-0.2, -0.15) is 18.2 Å². The molecule has 0 saturated heterocycles. The first-order chi connectivity index (χ1) is 14.3. The zero-order chi connectivity index (χ0) is 21.7. The third-order valence-corrected chi connectivity index (χ3v) is 4.68. The lowest BCUT2D eigenvalue weighted by Crippen LogP contribution is -2.12. The molecule has 7 heteroatoms. The molecule has 0 bridgehead atoms. The standard InChI is InChI=1S/C23H25F3N4/c1-4-5-16-6-10-19(11-7-16)29-22-27-14-20(23(24,25)26)21(30-22)28-18-12-8-17(9-13-18)15(2)3/h6-15H,4-5H2,1-3H3,(H2,27,28,29,30). The van der Waals surface area contributed by atoms with Crippen LogP contribution < -0.4 is 10.6 Å². The van der Waals surface area contributed by atoms with E-state index in [1.165, 1.54) is 5.56 Å². The highest BCUT2D eigenvalue weighted by Crippen LogP contribution is 2.35. The molecule has 0 radical (unpaired) electrons. The lowest BCUT2D eigenvalue weighted by Gasteiger charge is -2.15. The number of aryl methyl sites for hydroxylation is 1. The minimum atomic E-state index is -4.57. The van der Waals surface area contributed by atoms with Gasteiger partial charge in [0, 0.05) is 17.6 Å². The van der Waals surface area contributed by atoms with E-state index >= 15 is 0 Å². The second-order valence-electron chi connectivity index (χ2n) is 7.43. The van der Waals surface area contributed by atoms with Crippen molar-refractivity contribution >= 4 is 23.1 Å². The summed E-state index contributed by atoms with van der Waals surface area (Å²) in [5, 5.41) is 5.76. The smallest absolute Gasteiger partial charge is 0.340 e. The summed E-state index contributed by atoms with van der Waals surface area (Å²) in [4.78, 5) is 7.95. The van der Waals surface area contributed by atoms with E-state index in [1.807, 2.05) is 36.4 Å². The van der Waals surface area contributed by atoms with Crippen LogP contribution in [0.25, 0.3) is 0 Å².